The van der Waals surface area contributed by atoms with Crippen LogP contribution in [-0.4, -0.2) is 0 Å². The van der Waals surface area contributed by atoms with Gasteiger partial charge in [0.2, 0.25) is 0 Å². The zero-order valence-corrected chi connectivity index (χ0v) is 11.8. The molecule has 3 heteroatoms. The standard InChI is InChI=1S/C13H14BrNS/c1-9-3-6-12(14)13(7-9)15-8-11-5-4-10(2)16-11/h3-7,15H,8H2,1-2H3. The van der Waals surface area contributed by atoms with E-state index in [0.717, 1.165) is 16.7 Å². The highest BCUT2D eigenvalue weighted by molar-refractivity contribution is 9.10. The largest absolute Gasteiger partial charge is 0.379 e. The predicted octanol–water partition coefficient (Wildman–Crippen LogP) is 4.74. The second kappa shape index (κ2) is 5.02. The summed E-state index contributed by atoms with van der Waals surface area (Å²) >= 11 is 5.39. The topological polar surface area (TPSA) is 12.0 Å². The number of nitrogens with one attached hydrogen (secondary N) is 1. The molecule has 0 atom stereocenters. The Hall–Kier alpha value is -0.800. The van der Waals surface area contributed by atoms with Crippen molar-refractivity contribution >= 4 is 33.0 Å². The average Bonchev–Trinajstić information content (AvgIpc) is 2.66. The Bertz CT molecular complexity index is 490. The minimum absolute atomic E-state index is 0.889. The van der Waals surface area contributed by atoms with E-state index >= 15 is 0 Å². The fourth-order valence-electron chi connectivity index (χ4n) is 1.54. The Labute approximate surface area is 109 Å². The van der Waals surface area contributed by atoms with Gasteiger partial charge in [0.25, 0.3) is 0 Å². The molecular formula is C13H14BrNS. The van der Waals surface area contributed by atoms with E-state index in [1.54, 1.807) is 0 Å². The second-order valence-electron chi connectivity index (χ2n) is 3.85. The van der Waals surface area contributed by atoms with Gasteiger partial charge in [0, 0.05) is 26.5 Å². The zero-order valence-electron chi connectivity index (χ0n) is 9.38. The number of anilines is 1. The molecule has 0 fully saturated rings. The summed E-state index contributed by atoms with van der Waals surface area (Å²) in [4.78, 5) is 2.73. The summed E-state index contributed by atoms with van der Waals surface area (Å²) < 4.78 is 1.12. The van der Waals surface area contributed by atoms with Crippen LogP contribution in [0.1, 0.15) is 15.3 Å². The minimum atomic E-state index is 0.889. The van der Waals surface area contributed by atoms with Crippen LogP contribution in [-0.2, 0) is 6.54 Å². The monoisotopic (exact) mass is 295 g/mol. The van der Waals surface area contributed by atoms with Crippen LogP contribution in [0.25, 0.3) is 0 Å². The summed E-state index contributed by atoms with van der Waals surface area (Å²) in [5.74, 6) is 0. The van der Waals surface area contributed by atoms with Crippen molar-refractivity contribution in [3.05, 3.63) is 50.1 Å². The number of aryl methyl sites for hydroxylation is 2. The summed E-state index contributed by atoms with van der Waals surface area (Å²) in [6.45, 7) is 5.13. The molecule has 1 N–H and O–H groups in total. The van der Waals surface area contributed by atoms with Crippen LogP contribution in [0.4, 0.5) is 5.69 Å². The van der Waals surface area contributed by atoms with E-state index in [4.69, 9.17) is 0 Å². The number of thiophene rings is 1. The molecule has 0 saturated carbocycles. The lowest BCUT2D eigenvalue weighted by Crippen LogP contribution is -1.98. The molecule has 0 amide bonds. The van der Waals surface area contributed by atoms with Gasteiger partial charge in [0.1, 0.15) is 0 Å². The third-order valence-electron chi connectivity index (χ3n) is 2.37. The summed E-state index contributed by atoms with van der Waals surface area (Å²) in [6.07, 6.45) is 0. The van der Waals surface area contributed by atoms with Gasteiger partial charge in [-0.2, -0.15) is 0 Å². The number of hydrogen-bond acceptors (Lipinski definition) is 2. The molecule has 0 aliphatic heterocycles. The molecule has 16 heavy (non-hydrogen) atoms. The fraction of sp³-hybridized carbons (Fsp3) is 0.231. The van der Waals surface area contributed by atoms with Crippen molar-refractivity contribution in [1.82, 2.24) is 0 Å². The van der Waals surface area contributed by atoms with Gasteiger partial charge in [-0.15, -0.1) is 11.3 Å². The summed E-state index contributed by atoms with van der Waals surface area (Å²) in [6, 6.07) is 10.7. The van der Waals surface area contributed by atoms with E-state index in [2.05, 4.69) is 65.4 Å². The predicted molar refractivity (Wildman–Crippen MR) is 75.3 cm³/mol. The molecule has 2 aromatic rings. The molecule has 0 aliphatic rings. The Morgan fingerprint density at radius 1 is 1.19 bits per heavy atom. The lowest BCUT2D eigenvalue weighted by atomic mass is 10.2. The van der Waals surface area contributed by atoms with E-state index < -0.39 is 0 Å². The zero-order chi connectivity index (χ0) is 11.5. The first kappa shape index (κ1) is 11.7. The highest BCUT2D eigenvalue weighted by Gasteiger charge is 2.01. The quantitative estimate of drug-likeness (QED) is 0.862. The van der Waals surface area contributed by atoms with E-state index in [9.17, 15) is 0 Å². The molecule has 0 saturated heterocycles. The molecule has 0 spiro atoms. The Kier molecular flexibility index (Phi) is 3.66. The molecule has 84 valence electrons. The minimum Gasteiger partial charge on any atom is -0.379 e. The molecule has 1 nitrogen and oxygen atoms in total. The molecule has 1 heterocycles. The SMILES string of the molecule is Cc1ccc(Br)c(NCc2ccc(C)s2)c1. The van der Waals surface area contributed by atoms with E-state index in [-0.39, 0.29) is 0 Å². The van der Waals surface area contributed by atoms with Gasteiger partial charge in [-0.25, -0.2) is 0 Å². The number of rotatable bonds is 3. The van der Waals surface area contributed by atoms with Crippen LogP contribution in [0, 0.1) is 13.8 Å². The van der Waals surface area contributed by atoms with Gasteiger partial charge >= 0.3 is 0 Å². The summed E-state index contributed by atoms with van der Waals surface area (Å²) in [5, 5.41) is 3.45. The maximum atomic E-state index is 3.55. The molecule has 0 radical (unpaired) electrons. The van der Waals surface area contributed by atoms with Crippen LogP contribution < -0.4 is 5.32 Å². The van der Waals surface area contributed by atoms with Crippen molar-refractivity contribution in [1.29, 1.82) is 0 Å². The van der Waals surface area contributed by atoms with E-state index in [1.165, 1.54) is 15.3 Å². The fourth-order valence-corrected chi connectivity index (χ4v) is 2.75. The van der Waals surface area contributed by atoms with Crippen LogP contribution in [0.3, 0.4) is 0 Å². The van der Waals surface area contributed by atoms with E-state index in [1.807, 2.05) is 11.3 Å². The van der Waals surface area contributed by atoms with E-state index in [0.29, 0.717) is 0 Å². The van der Waals surface area contributed by atoms with Crippen molar-refractivity contribution < 1.29 is 0 Å². The Balaban J connectivity index is 2.07. The molecule has 0 bridgehead atoms. The number of halogens is 1. The molecule has 0 aliphatic carbocycles. The maximum absolute atomic E-state index is 3.55. The first-order valence-electron chi connectivity index (χ1n) is 5.20. The Morgan fingerprint density at radius 2 is 2.00 bits per heavy atom. The number of benzene rings is 1. The summed E-state index contributed by atoms with van der Waals surface area (Å²) in [5.41, 5.74) is 2.43. The normalized spacial score (nSPS) is 10.4. The maximum Gasteiger partial charge on any atom is 0.0494 e. The third kappa shape index (κ3) is 2.86. The average molecular weight is 296 g/mol. The van der Waals surface area contributed by atoms with Gasteiger partial charge in [-0.05, 0) is 59.6 Å². The highest BCUT2D eigenvalue weighted by Crippen LogP contribution is 2.25. The van der Waals surface area contributed by atoms with Crippen molar-refractivity contribution in [3.63, 3.8) is 0 Å². The molecule has 2 rings (SSSR count). The highest BCUT2D eigenvalue weighted by atomic mass is 79.9. The first-order valence-corrected chi connectivity index (χ1v) is 6.81. The molecule has 1 aromatic heterocycles. The van der Waals surface area contributed by atoms with Crippen molar-refractivity contribution in [2.75, 3.05) is 5.32 Å². The van der Waals surface area contributed by atoms with Gasteiger partial charge < -0.3 is 5.32 Å². The van der Waals surface area contributed by atoms with Crippen LogP contribution in [0.2, 0.25) is 0 Å². The van der Waals surface area contributed by atoms with Crippen molar-refractivity contribution in [2.45, 2.75) is 20.4 Å². The molecule has 0 unspecified atom stereocenters. The van der Waals surface area contributed by atoms with Crippen molar-refractivity contribution in [3.8, 4) is 0 Å². The van der Waals surface area contributed by atoms with Gasteiger partial charge in [0.15, 0.2) is 0 Å². The van der Waals surface area contributed by atoms with Gasteiger partial charge in [-0.3, -0.25) is 0 Å². The van der Waals surface area contributed by atoms with Gasteiger partial charge in [0.05, 0.1) is 0 Å². The third-order valence-corrected chi connectivity index (χ3v) is 4.06. The molecular weight excluding hydrogens is 282 g/mol. The van der Waals surface area contributed by atoms with Gasteiger partial charge in [-0.1, -0.05) is 6.07 Å². The Morgan fingerprint density at radius 3 is 2.69 bits per heavy atom. The van der Waals surface area contributed by atoms with Crippen molar-refractivity contribution in [2.24, 2.45) is 0 Å². The second-order valence-corrected chi connectivity index (χ2v) is 6.08. The van der Waals surface area contributed by atoms with Crippen LogP contribution in [0.15, 0.2) is 34.8 Å². The lowest BCUT2D eigenvalue weighted by molar-refractivity contribution is 1.18. The summed E-state index contributed by atoms with van der Waals surface area (Å²) in [7, 11) is 0. The number of hydrogen-bond donors (Lipinski definition) is 1. The van der Waals surface area contributed by atoms with Crippen LogP contribution >= 0.6 is 27.3 Å². The smallest absolute Gasteiger partial charge is 0.0494 e. The first-order chi connectivity index (χ1) is 7.65. The molecule has 1 aromatic carbocycles. The lowest BCUT2D eigenvalue weighted by Gasteiger charge is -2.08. The van der Waals surface area contributed by atoms with Crippen LogP contribution in [0.5, 0.6) is 0 Å².